The van der Waals surface area contributed by atoms with E-state index in [0.29, 0.717) is 5.69 Å². The van der Waals surface area contributed by atoms with Crippen LogP contribution >= 0.6 is 0 Å². The number of anilines is 1. The topological polar surface area (TPSA) is 83.0 Å². The number of hydrogen-bond acceptors (Lipinski definition) is 5. The Balaban J connectivity index is 1.92. The van der Waals surface area contributed by atoms with Gasteiger partial charge in [0.25, 0.3) is 5.56 Å². The molecule has 0 saturated carbocycles. The van der Waals surface area contributed by atoms with Crippen molar-refractivity contribution >= 4 is 18.2 Å². The van der Waals surface area contributed by atoms with Crippen molar-refractivity contribution in [1.29, 1.82) is 0 Å². The number of aromatic nitrogens is 3. The van der Waals surface area contributed by atoms with Gasteiger partial charge in [-0.1, -0.05) is 36.4 Å². The maximum atomic E-state index is 11.2. The number of H-pyrrole nitrogens is 1. The molecule has 0 amide bonds. The quantitative estimate of drug-likeness (QED) is 0.642. The number of aryl methyl sites for hydroxylation is 1. The second-order valence-corrected chi connectivity index (χ2v) is 3.75. The average Bonchev–Trinajstić information content (AvgIpc) is 2.43. The van der Waals surface area contributed by atoms with E-state index in [0.717, 1.165) is 5.56 Å². The average molecular weight is 255 g/mol. The fourth-order valence-electron chi connectivity index (χ4n) is 1.30. The van der Waals surface area contributed by atoms with E-state index in [1.54, 1.807) is 19.2 Å². The van der Waals surface area contributed by atoms with E-state index in [9.17, 15) is 4.79 Å². The van der Waals surface area contributed by atoms with E-state index in [1.807, 2.05) is 36.4 Å². The molecule has 1 aromatic carbocycles. The molecule has 19 heavy (non-hydrogen) atoms. The van der Waals surface area contributed by atoms with Gasteiger partial charge in [-0.2, -0.15) is 5.10 Å². The third kappa shape index (κ3) is 3.88. The van der Waals surface area contributed by atoms with Crippen LogP contribution in [0.5, 0.6) is 0 Å². The molecular weight excluding hydrogens is 242 g/mol. The summed E-state index contributed by atoms with van der Waals surface area (Å²) in [5.74, 6) is 0.208. The number of benzene rings is 1. The predicted octanol–water partition coefficient (Wildman–Crippen LogP) is 1.58. The van der Waals surface area contributed by atoms with Crippen molar-refractivity contribution in [3.63, 3.8) is 0 Å². The SMILES string of the molecule is Cc1nnc(N/N=C/C=C/c2ccccc2)[nH]c1=O. The number of nitrogens with one attached hydrogen (secondary N) is 2. The summed E-state index contributed by atoms with van der Waals surface area (Å²) < 4.78 is 0. The minimum absolute atomic E-state index is 0.208. The van der Waals surface area contributed by atoms with Gasteiger partial charge in [-0.05, 0) is 18.6 Å². The molecule has 96 valence electrons. The highest BCUT2D eigenvalue weighted by molar-refractivity contribution is 5.78. The van der Waals surface area contributed by atoms with E-state index >= 15 is 0 Å². The molecule has 0 aliphatic rings. The molecule has 6 heteroatoms. The molecule has 2 N–H and O–H groups in total. The summed E-state index contributed by atoms with van der Waals surface area (Å²) in [6.45, 7) is 1.58. The van der Waals surface area contributed by atoms with Gasteiger partial charge in [0.1, 0.15) is 5.69 Å². The first kappa shape index (κ1) is 12.7. The van der Waals surface area contributed by atoms with Crippen LogP contribution in [-0.2, 0) is 0 Å². The Kier molecular flexibility index (Phi) is 4.17. The first-order chi connectivity index (χ1) is 9.25. The fraction of sp³-hybridized carbons (Fsp3) is 0.0769. The largest absolute Gasteiger partial charge is 0.288 e. The Morgan fingerprint density at radius 3 is 2.79 bits per heavy atom. The molecule has 1 aromatic heterocycles. The molecule has 0 aliphatic heterocycles. The molecule has 1 heterocycles. The predicted molar refractivity (Wildman–Crippen MR) is 75.0 cm³/mol. The highest BCUT2D eigenvalue weighted by Crippen LogP contribution is 1.99. The first-order valence-corrected chi connectivity index (χ1v) is 5.70. The lowest BCUT2D eigenvalue weighted by molar-refractivity contribution is 0.897. The number of hydrogen-bond donors (Lipinski definition) is 2. The smallest absolute Gasteiger partial charge is 0.274 e. The number of hydrazone groups is 1. The van der Waals surface area contributed by atoms with E-state index in [1.165, 1.54) is 0 Å². The molecule has 6 nitrogen and oxygen atoms in total. The molecule has 0 spiro atoms. The summed E-state index contributed by atoms with van der Waals surface area (Å²) in [5.41, 5.74) is 3.70. The van der Waals surface area contributed by atoms with Gasteiger partial charge < -0.3 is 0 Å². The number of allylic oxidation sites excluding steroid dienone is 1. The van der Waals surface area contributed by atoms with Crippen LogP contribution in [0.15, 0.2) is 46.3 Å². The van der Waals surface area contributed by atoms with Crippen molar-refractivity contribution in [3.05, 3.63) is 58.0 Å². The van der Waals surface area contributed by atoms with E-state index in [2.05, 4.69) is 25.7 Å². The maximum absolute atomic E-state index is 11.2. The van der Waals surface area contributed by atoms with Crippen molar-refractivity contribution in [3.8, 4) is 0 Å². The Hall–Kier alpha value is -2.76. The normalized spacial score (nSPS) is 11.2. The second kappa shape index (κ2) is 6.25. The zero-order valence-electron chi connectivity index (χ0n) is 10.4. The van der Waals surface area contributed by atoms with Crippen molar-refractivity contribution in [1.82, 2.24) is 15.2 Å². The van der Waals surface area contributed by atoms with Gasteiger partial charge in [-0.3, -0.25) is 9.78 Å². The maximum Gasteiger partial charge on any atom is 0.274 e. The monoisotopic (exact) mass is 255 g/mol. The van der Waals surface area contributed by atoms with Crippen molar-refractivity contribution in [2.24, 2.45) is 5.10 Å². The van der Waals surface area contributed by atoms with E-state index in [4.69, 9.17) is 0 Å². The van der Waals surface area contributed by atoms with Crippen molar-refractivity contribution in [2.75, 3.05) is 5.43 Å². The molecule has 0 fully saturated rings. The first-order valence-electron chi connectivity index (χ1n) is 5.70. The Morgan fingerprint density at radius 1 is 1.26 bits per heavy atom. The summed E-state index contributed by atoms with van der Waals surface area (Å²) in [7, 11) is 0. The molecule has 0 unspecified atom stereocenters. The van der Waals surface area contributed by atoms with E-state index < -0.39 is 0 Å². The standard InChI is InChI=1S/C13H13N5O/c1-10-12(19)15-13(18-16-10)17-14-9-5-8-11-6-3-2-4-7-11/h2-9H,1H3,(H2,15,17,18,19)/b8-5+,14-9+. The van der Waals surface area contributed by atoms with Crippen molar-refractivity contribution < 1.29 is 0 Å². The van der Waals surface area contributed by atoms with Gasteiger partial charge in [-0.15, -0.1) is 10.2 Å². The van der Waals surface area contributed by atoms with Crippen LogP contribution in [0.2, 0.25) is 0 Å². The Morgan fingerprint density at radius 2 is 2.05 bits per heavy atom. The molecule has 2 rings (SSSR count). The van der Waals surface area contributed by atoms with Crippen LogP contribution in [0.25, 0.3) is 6.08 Å². The van der Waals surface area contributed by atoms with Gasteiger partial charge in [-0.25, -0.2) is 5.43 Å². The Bertz CT molecular complexity index is 646. The molecular formula is C13H13N5O. The summed E-state index contributed by atoms with van der Waals surface area (Å²) in [6, 6.07) is 9.85. The molecule has 0 saturated heterocycles. The molecule has 0 bridgehead atoms. The second-order valence-electron chi connectivity index (χ2n) is 3.75. The number of aromatic amines is 1. The minimum atomic E-state index is -0.285. The summed E-state index contributed by atoms with van der Waals surface area (Å²) in [5, 5.41) is 11.3. The lowest BCUT2D eigenvalue weighted by Gasteiger charge is -1.96. The molecule has 2 aromatic rings. The van der Waals surface area contributed by atoms with Gasteiger partial charge in [0.05, 0.1) is 0 Å². The third-order valence-corrected chi connectivity index (χ3v) is 2.28. The van der Waals surface area contributed by atoms with Crippen LogP contribution in [0.3, 0.4) is 0 Å². The molecule has 0 atom stereocenters. The van der Waals surface area contributed by atoms with Crippen LogP contribution < -0.4 is 11.0 Å². The number of rotatable bonds is 4. The summed E-state index contributed by atoms with van der Waals surface area (Å²) in [4.78, 5) is 13.8. The lowest BCUT2D eigenvalue weighted by atomic mass is 10.2. The number of nitrogens with zero attached hydrogens (tertiary/aromatic N) is 3. The van der Waals surface area contributed by atoms with Crippen molar-refractivity contribution in [2.45, 2.75) is 6.92 Å². The summed E-state index contributed by atoms with van der Waals surface area (Å²) >= 11 is 0. The van der Waals surface area contributed by atoms with Crippen LogP contribution in [0.4, 0.5) is 5.95 Å². The molecule has 0 aliphatic carbocycles. The van der Waals surface area contributed by atoms with Gasteiger partial charge in [0.2, 0.25) is 5.95 Å². The van der Waals surface area contributed by atoms with Crippen LogP contribution in [0.1, 0.15) is 11.3 Å². The lowest BCUT2D eigenvalue weighted by Crippen LogP contribution is -2.15. The van der Waals surface area contributed by atoms with Crippen LogP contribution in [0, 0.1) is 6.92 Å². The van der Waals surface area contributed by atoms with Crippen LogP contribution in [-0.4, -0.2) is 21.4 Å². The highest BCUT2D eigenvalue weighted by Gasteiger charge is 1.96. The van der Waals surface area contributed by atoms with E-state index in [-0.39, 0.29) is 11.5 Å². The third-order valence-electron chi connectivity index (χ3n) is 2.28. The minimum Gasteiger partial charge on any atom is -0.288 e. The van der Waals surface area contributed by atoms with Gasteiger partial charge in [0.15, 0.2) is 0 Å². The molecule has 0 radical (unpaired) electrons. The highest BCUT2D eigenvalue weighted by atomic mass is 16.1. The Labute approximate surface area is 109 Å². The fourth-order valence-corrected chi connectivity index (χ4v) is 1.30. The zero-order chi connectivity index (χ0) is 13.5. The van der Waals surface area contributed by atoms with Gasteiger partial charge >= 0.3 is 0 Å². The summed E-state index contributed by atoms with van der Waals surface area (Å²) in [6.07, 6.45) is 5.25. The zero-order valence-corrected chi connectivity index (χ0v) is 10.4. The van der Waals surface area contributed by atoms with Gasteiger partial charge in [0, 0.05) is 6.21 Å².